The number of hydrogen-bond donors (Lipinski definition) is 2. The minimum absolute atomic E-state index is 0.141. The average molecular weight is 554 g/mol. The fourth-order valence-corrected chi connectivity index (χ4v) is 4.37. The third-order valence-electron chi connectivity index (χ3n) is 5.28. The number of carbonyl (C=O) groups is 2. The molecule has 2 N–H and O–H groups in total. The lowest BCUT2D eigenvalue weighted by Gasteiger charge is -2.37. The molecule has 2 amide bonds. The van der Waals surface area contributed by atoms with E-state index >= 15 is 0 Å². The second-order valence-corrected chi connectivity index (χ2v) is 9.29. The third kappa shape index (κ3) is 6.59. The van der Waals surface area contributed by atoms with Crippen molar-refractivity contribution >= 4 is 68.1 Å². The van der Waals surface area contributed by atoms with Gasteiger partial charge < -0.3 is 19.9 Å². The van der Waals surface area contributed by atoms with Gasteiger partial charge >= 0.3 is 0 Å². The molecule has 1 heterocycles. The van der Waals surface area contributed by atoms with E-state index in [1.807, 2.05) is 24.0 Å². The Balaban J connectivity index is 1.70. The first-order valence-corrected chi connectivity index (χ1v) is 12.2. The number of thiocarbonyl (C=S) groups is 1. The van der Waals surface area contributed by atoms with Gasteiger partial charge in [0.05, 0.1) is 24.0 Å². The molecule has 10 heteroatoms. The summed E-state index contributed by atoms with van der Waals surface area (Å²) in [5.41, 5.74) is 1.94. The number of carbonyl (C=O) groups excluding carboxylic acids is 2. The van der Waals surface area contributed by atoms with E-state index in [9.17, 15) is 9.59 Å². The number of hydrogen-bond acceptors (Lipinski definition) is 5. The summed E-state index contributed by atoms with van der Waals surface area (Å²) in [5.74, 6) is 0.244. The maximum absolute atomic E-state index is 12.8. The van der Waals surface area contributed by atoms with Crippen LogP contribution in [0, 0.1) is 0 Å². The Labute approximate surface area is 212 Å². The van der Waals surface area contributed by atoms with Gasteiger partial charge in [0.2, 0.25) is 5.91 Å². The minimum atomic E-state index is -0.391. The molecule has 0 spiro atoms. The molecule has 7 nitrogen and oxygen atoms in total. The number of nitrogens with zero attached hydrogens (tertiary/aromatic N) is 2. The summed E-state index contributed by atoms with van der Waals surface area (Å²) < 4.78 is 6.03. The Kier molecular flexibility index (Phi) is 8.94. The molecule has 2 aromatic carbocycles. The zero-order valence-corrected chi connectivity index (χ0v) is 21.6. The van der Waals surface area contributed by atoms with Gasteiger partial charge in [0.1, 0.15) is 5.75 Å². The van der Waals surface area contributed by atoms with E-state index in [-0.39, 0.29) is 11.0 Å². The summed E-state index contributed by atoms with van der Waals surface area (Å²) in [5, 5.41) is 6.48. The molecule has 1 saturated heterocycles. The highest BCUT2D eigenvalue weighted by Gasteiger charge is 2.23. The van der Waals surface area contributed by atoms with Crippen LogP contribution in [0.5, 0.6) is 5.75 Å². The number of piperazine rings is 1. The van der Waals surface area contributed by atoms with Crippen LogP contribution >= 0.6 is 39.7 Å². The second kappa shape index (κ2) is 11.7. The Hall–Kier alpha value is -2.36. The van der Waals surface area contributed by atoms with Crippen LogP contribution in [0.1, 0.15) is 30.1 Å². The van der Waals surface area contributed by atoms with Crippen molar-refractivity contribution in [3.63, 3.8) is 0 Å². The largest absolute Gasteiger partial charge is 0.496 e. The molecule has 0 aliphatic carbocycles. The van der Waals surface area contributed by atoms with Gasteiger partial charge in [-0.2, -0.15) is 0 Å². The molecule has 3 rings (SSSR count). The summed E-state index contributed by atoms with van der Waals surface area (Å²) in [6.07, 6.45) is 1.42. The van der Waals surface area contributed by atoms with Crippen molar-refractivity contribution in [3.05, 3.63) is 51.5 Å². The molecule has 2 aromatic rings. The van der Waals surface area contributed by atoms with Crippen LogP contribution in [-0.2, 0) is 4.79 Å². The molecular formula is C23H26BrClN4O3S. The highest BCUT2D eigenvalue weighted by atomic mass is 79.9. The smallest absolute Gasteiger partial charge is 0.261 e. The van der Waals surface area contributed by atoms with Gasteiger partial charge in [-0.3, -0.25) is 14.9 Å². The van der Waals surface area contributed by atoms with Gasteiger partial charge in [-0.05, 0) is 55.0 Å². The lowest BCUT2D eigenvalue weighted by molar-refractivity contribution is -0.131. The van der Waals surface area contributed by atoms with Crippen molar-refractivity contribution in [3.8, 4) is 5.75 Å². The van der Waals surface area contributed by atoms with Crippen molar-refractivity contribution in [2.24, 2.45) is 0 Å². The predicted octanol–water partition coefficient (Wildman–Crippen LogP) is 4.69. The standard InChI is InChI=1S/C23H26BrClN4O3S/c1-3-4-21(30)29-11-9-28(10-12-29)19-7-6-16(25)14-18(19)26-23(33)27-22(31)17-13-15(24)5-8-20(17)32-2/h5-8,13-14H,3-4,9-12H2,1-2H3,(H2,26,27,31,33). The number of ether oxygens (including phenoxy) is 1. The quantitative estimate of drug-likeness (QED) is 0.506. The van der Waals surface area contributed by atoms with Crippen LogP contribution in [0.4, 0.5) is 11.4 Å². The lowest BCUT2D eigenvalue weighted by atomic mass is 10.2. The van der Waals surface area contributed by atoms with Gasteiger partial charge in [-0.15, -0.1) is 0 Å². The second-order valence-electron chi connectivity index (χ2n) is 7.53. The van der Waals surface area contributed by atoms with E-state index in [2.05, 4.69) is 31.5 Å². The maximum Gasteiger partial charge on any atom is 0.261 e. The van der Waals surface area contributed by atoms with E-state index in [4.69, 9.17) is 28.6 Å². The van der Waals surface area contributed by atoms with E-state index in [0.717, 1.165) is 16.6 Å². The van der Waals surface area contributed by atoms with Gasteiger partial charge in [0.15, 0.2) is 5.11 Å². The fraction of sp³-hybridized carbons (Fsp3) is 0.348. The number of halogens is 2. The van der Waals surface area contributed by atoms with E-state index in [1.54, 1.807) is 24.3 Å². The van der Waals surface area contributed by atoms with Gasteiger partial charge in [0.25, 0.3) is 5.91 Å². The van der Waals surface area contributed by atoms with Crippen LogP contribution in [0.25, 0.3) is 0 Å². The number of nitrogens with one attached hydrogen (secondary N) is 2. The third-order valence-corrected chi connectivity index (χ3v) is 6.21. The molecule has 0 radical (unpaired) electrons. The summed E-state index contributed by atoms with van der Waals surface area (Å²) in [6, 6.07) is 10.7. The number of rotatable bonds is 6. The summed E-state index contributed by atoms with van der Waals surface area (Å²) in [7, 11) is 1.50. The molecular weight excluding hydrogens is 528 g/mol. The monoisotopic (exact) mass is 552 g/mol. The van der Waals surface area contributed by atoms with Crippen molar-refractivity contribution in [1.82, 2.24) is 10.2 Å². The van der Waals surface area contributed by atoms with E-state index in [0.29, 0.717) is 54.6 Å². The van der Waals surface area contributed by atoms with Crippen LogP contribution in [-0.4, -0.2) is 55.1 Å². The molecule has 176 valence electrons. The fourth-order valence-electron chi connectivity index (χ4n) is 3.63. The molecule has 0 aromatic heterocycles. The SMILES string of the molecule is CCCC(=O)N1CCN(c2ccc(Cl)cc2NC(=S)NC(=O)c2cc(Br)ccc2OC)CC1. The van der Waals surface area contributed by atoms with Crippen molar-refractivity contribution in [1.29, 1.82) is 0 Å². The zero-order chi connectivity index (χ0) is 24.0. The topological polar surface area (TPSA) is 73.9 Å². The Morgan fingerprint density at radius 1 is 1.15 bits per heavy atom. The summed E-state index contributed by atoms with van der Waals surface area (Å²) in [4.78, 5) is 29.0. The molecule has 33 heavy (non-hydrogen) atoms. The first-order chi connectivity index (χ1) is 15.8. The molecule has 1 aliphatic heterocycles. The van der Waals surface area contributed by atoms with Crippen molar-refractivity contribution in [2.75, 3.05) is 43.5 Å². The number of methoxy groups -OCH3 is 1. The molecule has 0 unspecified atom stereocenters. The Bertz CT molecular complexity index is 1040. The molecule has 0 saturated carbocycles. The predicted molar refractivity (Wildman–Crippen MR) is 140 cm³/mol. The Morgan fingerprint density at radius 2 is 1.88 bits per heavy atom. The van der Waals surface area contributed by atoms with Crippen molar-refractivity contribution in [2.45, 2.75) is 19.8 Å². The maximum atomic E-state index is 12.8. The summed E-state index contributed by atoms with van der Waals surface area (Å²) >= 11 is 15.0. The molecule has 1 aliphatic rings. The minimum Gasteiger partial charge on any atom is -0.496 e. The van der Waals surface area contributed by atoms with Crippen LogP contribution in [0.15, 0.2) is 40.9 Å². The highest BCUT2D eigenvalue weighted by Crippen LogP contribution is 2.30. The normalized spacial score (nSPS) is 13.5. The van der Waals surface area contributed by atoms with Crippen LogP contribution < -0.4 is 20.3 Å². The number of anilines is 2. The van der Waals surface area contributed by atoms with Gasteiger partial charge in [0, 0.05) is 42.1 Å². The molecule has 0 atom stereocenters. The van der Waals surface area contributed by atoms with Gasteiger partial charge in [-0.1, -0.05) is 34.5 Å². The summed E-state index contributed by atoms with van der Waals surface area (Å²) in [6.45, 7) is 4.71. The van der Waals surface area contributed by atoms with Crippen LogP contribution in [0.3, 0.4) is 0 Å². The number of benzene rings is 2. The van der Waals surface area contributed by atoms with E-state index < -0.39 is 5.91 Å². The number of amides is 2. The Morgan fingerprint density at radius 3 is 2.55 bits per heavy atom. The van der Waals surface area contributed by atoms with Crippen LogP contribution in [0.2, 0.25) is 5.02 Å². The molecule has 1 fully saturated rings. The highest BCUT2D eigenvalue weighted by molar-refractivity contribution is 9.10. The molecule has 0 bridgehead atoms. The van der Waals surface area contributed by atoms with Gasteiger partial charge in [-0.25, -0.2) is 0 Å². The van der Waals surface area contributed by atoms with Crippen molar-refractivity contribution < 1.29 is 14.3 Å². The lowest BCUT2D eigenvalue weighted by Crippen LogP contribution is -2.49. The first kappa shape index (κ1) is 25.3. The first-order valence-electron chi connectivity index (χ1n) is 10.6. The van der Waals surface area contributed by atoms with E-state index in [1.165, 1.54) is 7.11 Å². The average Bonchev–Trinajstić information content (AvgIpc) is 2.79. The zero-order valence-electron chi connectivity index (χ0n) is 18.5.